The lowest BCUT2D eigenvalue weighted by molar-refractivity contribution is -0.148. The molecule has 8 rings (SSSR count). The van der Waals surface area contributed by atoms with Crippen LogP contribution in [0.3, 0.4) is 0 Å². The van der Waals surface area contributed by atoms with Gasteiger partial charge in [-0.1, -0.05) is 12.1 Å². The van der Waals surface area contributed by atoms with Crippen LogP contribution in [0.25, 0.3) is 0 Å². The summed E-state index contributed by atoms with van der Waals surface area (Å²) in [5.41, 5.74) is -0.0305. The molecule has 4 heterocycles. The third kappa shape index (κ3) is 2.79. The lowest BCUT2D eigenvalue weighted by Crippen LogP contribution is -2.67. The predicted octanol–water partition coefficient (Wildman–Crippen LogP) is 2.15. The molecule has 7 aliphatic rings. The van der Waals surface area contributed by atoms with Crippen LogP contribution in [0, 0.1) is 23.7 Å². The maximum Gasteiger partial charge on any atom is 0.258 e. The molecule has 6 heteroatoms. The van der Waals surface area contributed by atoms with E-state index < -0.39 is 5.72 Å². The molecule has 29 heavy (non-hydrogen) atoms. The van der Waals surface area contributed by atoms with Gasteiger partial charge >= 0.3 is 0 Å². The quantitative estimate of drug-likeness (QED) is 0.805. The first kappa shape index (κ1) is 17.8. The van der Waals surface area contributed by atoms with E-state index in [-0.39, 0.29) is 29.6 Å². The smallest absolute Gasteiger partial charge is 0.258 e. The molecule has 2 amide bonds. The summed E-state index contributed by atoms with van der Waals surface area (Å²) >= 11 is 0. The van der Waals surface area contributed by atoms with Gasteiger partial charge in [-0.25, -0.2) is 0 Å². The van der Waals surface area contributed by atoms with Crippen molar-refractivity contribution < 1.29 is 14.3 Å². The number of fused-ring (bicyclic) bond motifs is 6. The van der Waals surface area contributed by atoms with Crippen LogP contribution in [0.5, 0.6) is 5.75 Å². The summed E-state index contributed by atoms with van der Waals surface area (Å²) in [6.07, 6.45) is 6.02. The van der Waals surface area contributed by atoms with Crippen molar-refractivity contribution in [2.24, 2.45) is 23.7 Å². The second-order valence-corrected chi connectivity index (χ2v) is 9.78. The number of amides is 2. The van der Waals surface area contributed by atoms with E-state index in [9.17, 15) is 9.59 Å². The van der Waals surface area contributed by atoms with E-state index in [1.807, 2.05) is 24.3 Å². The average Bonchev–Trinajstić information content (AvgIpc) is 2.75. The van der Waals surface area contributed by atoms with Crippen molar-refractivity contribution in [3.8, 4) is 5.75 Å². The summed E-state index contributed by atoms with van der Waals surface area (Å²) in [5, 5.41) is 6.59. The van der Waals surface area contributed by atoms with Gasteiger partial charge in [0.2, 0.25) is 5.91 Å². The lowest BCUT2D eigenvalue weighted by atomic mass is 9.59. The van der Waals surface area contributed by atoms with Crippen LogP contribution in [0.15, 0.2) is 24.3 Å². The van der Waals surface area contributed by atoms with Crippen molar-refractivity contribution in [3.63, 3.8) is 0 Å². The van der Waals surface area contributed by atoms with Crippen molar-refractivity contribution >= 4 is 11.8 Å². The van der Waals surface area contributed by atoms with Gasteiger partial charge in [0.25, 0.3) is 5.91 Å². The second kappa shape index (κ2) is 6.46. The minimum absolute atomic E-state index is 0.0484. The number of rotatable bonds is 2. The number of nitrogens with zero attached hydrogens (tertiary/aromatic N) is 1. The number of nitrogens with one attached hydrogen (secondary N) is 2. The topological polar surface area (TPSA) is 70.7 Å². The molecule has 6 nitrogen and oxygen atoms in total. The van der Waals surface area contributed by atoms with Crippen molar-refractivity contribution in [2.75, 3.05) is 19.6 Å². The number of para-hydroxylation sites is 1. The van der Waals surface area contributed by atoms with Crippen LogP contribution in [0.2, 0.25) is 0 Å². The molecular weight excluding hydrogens is 366 g/mol. The molecule has 3 aliphatic carbocycles. The first-order chi connectivity index (χ1) is 14.1. The van der Waals surface area contributed by atoms with Gasteiger partial charge in [0, 0.05) is 30.8 Å². The van der Waals surface area contributed by atoms with Gasteiger partial charge in [-0.3, -0.25) is 9.59 Å². The number of ether oxygens (including phenoxy) is 1. The minimum Gasteiger partial charge on any atom is -0.467 e. The number of benzene rings is 1. The molecule has 0 unspecified atom stereocenters. The number of carbonyl (C=O) groups is 2. The van der Waals surface area contributed by atoms with Gasteiger partial charge < -0.3 is 20.3 Å². The van der Waals surface area contributed by atoms with Gasteiger partial charge in [0.1, 0.15) is 5.75 Å². The standard InChI is InChI=1S/C23H29N3O3/c27-21(24-19-13-26-9-7-14(19)8-10-26)18-11-16-6-5-15(18)12-23(16)25-22(28)17-3-1-2-4-20(17)29-23/h1-4,14-16,18-19H,5-13H2,(H,24,27)(H,25,28)/t15-,16-,18+,19-,23-/m1/s1. The second-order valence-electron chi connectivity index (χ2n) is 9.78. The highest BCUT2D eigenvalue weighted by atomic mass is 16.5. The zero-order valence-corrected chi connectivity index (χ0v) is 16.7. The predicted molar refractivity (Wildman–Crippen MR) is 107 cm³/mol. The normalized spacial score (nSPS) is 42.1. The van der Waals surface area contributed by atoms with E-state index in [4.69, 9.17) is 4.74 Å². The van der Waals surface area contributed by atoms with E-state index in [0.717, 1.165) is 32.2 Å². The Balaban J connectivity index is 1.18. The fraction of sp³-hybridized carbons (Fsp3) is 0.652. The summed E-state index contributed by atoms with van der Waals surface area (Å²) in [6.45, 7) is 3.38. The Hall–Kier alpha value is -2.08. The van der Waals surface area contributed by atoms with Crippen LogP contribution in [-0.4, -0.2) is 48.1 Å². The van der Waals surface area contributed by atoms with E-state index in [2.05, 4.69) is 15.5 Å². The average molecular weight is 396 g/mol. The molecule has 1 aromatic carbocycles. The molecule has 1 aromatic rings. The minimum atomic E-state index is -0.638. The summed E-state index contributed by atoms with van der Waals surface area (Å²) < 4.78 is 6.41. The molecule has 4 bridgehead atoms. The summed E-state index contributed by atoms with van der Waals surface area (Å²) in [6, 6.07) is 7.79. The number of piperidine rings is 3. The molecule has 0 radical (unpaired) electrons. The Labute approximate surface area is 171 Å². The molecule has 6 fully saturated rings. The van der Waals surface area contributed by atoms with Gasteiger partial charge in [0.15, 0.2) is 5.72 Å². The van der Waals surface area contributed by atoms with Crippen molar-refractivity contribution in [1.82, 2.24) is 15.5 Å². The van der Waals surface area contributed by atoms with Gasteiger partial charge in [-0.2, -0.15) is 0 Å². The van der Waals surface area contributed by atoms with Crippen molar-refractivity contribution in [3.05, 3.63) is 29.8 Å². The first-order valence-electron chi connectivity index (χ1n) is 11.2. The van der Waals surface area contributed by atoms with E-state index in [1.165, 1.54) is 25.9 Å². The Morgan fingerprint density at radius 1 is 1.14 bits per heavy atom. The molecule has 154 valence electrons. The van der Waals surface area contributed by atoms with E-state index in [1.54, 1.807) is 0 Å². The third-order valence-corrected chi connectivity index (χ3v) is 8.29. The van der Waals surface area contributed by atoms with Crippen LogP contribution >= 0.6 is 0 Å². The van der Waals surface area contributed by atoms with Crippen molar-refractivity contribution in [1.29, 1.82) is 0 Å². The van der Waals surface area contributed by atoms with Gasteiger partial charge in [-0.15, -0.1) is 0 Å². The maximum atomic E-state index is 13.2. The highest BCUT2D eigenvalue weighted by Crippen LogP contribution is 2.52. The fourth-order valence-corrected chi connectivity index (χ4v) is 6.70. The molecule has 3 saturated heterocycles. The first-order valence-corrected chi connectivity index (χ1v) is 11.2. The Bertz CT molecular complexity index is 850. The summed E-state index contributed by atoms with van der Waals surface area (Å²) in [7, 11) is 0. The molecule has 1 spiro atoms. The van der Waals surface area contributed by atoms with Crippen LogP contribution in [0.4, 0.5) is 0 Å². The van der Waals surface area contributed by atoms with Crippen LogP contribution in [-0.2, 0) is 4.79 Å². The van der Waals surface area contributed by atoms with Gasteiger partial charge in [-0.05, 0) is 69.2 Å². The molecule has 4 aliphatic heterocycles. The highest BCUT2D eigenvalue weighted by molar-refractivity contribution is 5.98. The highest BCUT2D eigenvalue weighted by Gasteiger charge is 2.57. The zero-order chi connectivity index (χ0) is 19.6. The largest absolute Gasteiger partial charge is 0.467 e. The Morgan fingerprint density at radius 2 is 1.97 bits per heavy atom. The third-order valence-electron chi connectivity index (χ3n) is 8.29. The molecule has 5 atom stereocenters. The molecule has 0 aromatic heterocycles. The van der Waals surface area contributed by atoms with E-state index in [0.29, 0.717) is 23.3 Å². The van der Waals surface area contributed by atoms with E-state index >= 15 is 0 Å². The van der Waals surface area contributed by atoms with Crippen LogP contribution in [0.1, 0.15) is 48.9 Å². The molecule has 2 N–H and O–H groups in total. The zero-order valence-electron chi connectivity index (χ0n) is 16.7. The maximum absolute atomic E-state index is 13.2. The molecule has 3 saturated carbocycles. The monoisotopic (exact) mass is 395 g/mol. The number of hydrogen-bond acceptors (Lipinski definition) is 4. The SMILES string of the molecule is O=C1N[C@]2(C[C@H]3CC[C@@H]2C[C@@H]3C(=O)N[C@@H]2CN3CCC2CC3)Oc2ccccc21. The Kier molecular flexibility index (Phi) is 3.95. The molecular formula is C23H29N3O3. The fourth-order valence-electron chi connectivity index (χ4n) is 6.70. The van der Waals surface area contributed by atoms with Crippen LogP contribution < -0.4 is 15.4 Å². The number of hydrogen-bond donors (Lipinski definition) is 2. The van der Waals surface area contributed by atoms with Gasteiger partial charge in [0.05, 0.1) is 5.56 Å². The Morgan fingerprint density at radius 3 is 2.69 bits per heavy atom. The summed E-state index contributed by atoms with van der Waals surface area (Å²) in [4.78, 5) is 28.4. The summed E-state index contributed by atoms with van der Waals surface area (Å²) in [5.74, 6) is 2.01. The van der Waals surface area contributed by atoms with Crippen molar-refractivity contribution in [2.45, 2.75) is 50.3 Å². The number of carbonyl (C=O) groups excluding carboxylic acids is 2. The lowest BCUT2D eigenvalue weighted by Gasteiger charge is -2.55.